The van der Waals surface area contributed by atoms with Crippen molar-refractivity contribution in [2.45, 2.75) is 45.6 Å². The lowest BCUT2D eigenvalue weighted by atomic mass is 10.1. The van der Waals surface area contributed by atoms with E-state index in [1.54, 1.807) is 6.92 Å². The van der Waals surface area contributed by atoms with Crippen LogP contribution >= 0.6 is 0 Å². The maximum Gasteiger partial charge on any atom is 0.236 e. The lowest BCUT2D eigenvalue weighted by Gasteiger charge is -2.10. The average molecular weight is 240 g/mol. The summed E-state index contributed by atoms with van der Waals surface area (Å²) in [5.41, 5.74) is 5.73. The van der Waals surface area contributed by atoms with Crippen molar-refractivity contribution in [2.75, 3.05) is 6.54 Å². The minimum Gasteiger partial charge on any atom is -0.354 e. The normalized spacial score (nSPS) is 12.4. The summed E-state index contributed by atoms with van der Waals surface area (Å²) in [7, 11) is 0. The van der Waals surface area contributed by atoms with Crippen molar-refractivity contribution >= 4 is 5.91 Å². The van der Waals surface area contributed by atoms with E-state index in [9.17, 15) is 4.79 Å². The molecule has 6 heteroatoms. The number of aryl methyl sites for hydroxylation is 1. The first-order valence-corrected chi connectivity index (χ1v) is 5.96. The van der Waals surface area contributed by atoms with Gasteiger partial charge in [-0.3, -0.25) is 4.79 Å². The molecular weight excluding hydrogens is 220 g/mol. The highest BCUT2D eigenvalue weighted by Gasteiger charge is 2.12. The van der Waals surface area contributed by atoms with E-state index in [1.807, 2.05) is 0 Å². The number of nitrogens with two attached hydrogens (primary N) is 1. The fourth-order valence-electron chi connectivity index (χ4n) is 1.43. The second-order valence-corrected chi connectivity index (χ2v) is 4.02. The maximum absolute atomic E-state index is 11.5. The van der Waals surface area contributed by atoms with Crippen molar-refractivity contribution in [3.8, 4) is 0 Å². The summed E-state index contributed by atoms with van der Waals surface area (Å²) in [4.78, 5) is 15.6. The molecule has 0 aliphatic rings. The summed E-state index contributed by atoms with van der Waals surface area (Å²) < 4.78 is 4.82. The molecule has 0 saturated heterocycles. The number of nitrogens with one attached hydrogen (secondary N) is 1. The number of unbranched alkanes of at least 4 members (excludes halogenated alkanes) is 1. The van der Waals surface area contributed by atoms with Crippen molar-refractivity contribution < 1.29 is 9.32 Å². The van der Waals surface area contributed by atoms with E-state index in [0.29, 0.717) is 24.7 Å². The van der Waals surface area contributed by atoms with Gasteiger partial charge in [0.1, 0.15) is 0 Å². The third-order valence-corrected chi connectivity index (χ3v) is 2.42. The van der Waals surface area contributed by atoms with Crippen LogP contribution in [0.2, 0.25) is 0 Å². The lowest BCUT2D eigenvalue weighted by Crippen LogP contribution is -2.41. The van der Waals surface area contributed by atoms with E-state index < -0.39 is 6.04 Å². The molecule has 0 fully saturated rings. The van der Waals surface area contributed by atoms with Crippen molar-refractivity contribution in [1.82, 2.24) is 15.5 Å². The predicted octanol–water partition coefficient (Wildman–Crippen LogP) is 0.554. The van der Waals surface area contributed by atoms with Crippen LogP contribution in [0.1, 0.15) is 37.9 Å². The quantitative estimate of drug-likeness (QED) is 0.726. The minimum atomic E-state index is -0.415. The number of amides is 1. The van der Waals surface area contributed by atoms with Crippen LogP contribution in [0.5, 0.6) is 0 Å². The van der Waals surface area contributed by atoms with E-state index in [2.05, 4.69) is 22.4 Å². The predicted molar refractivity (Wildman–Crippen MR) is 63.2 cm³/mol. The molecule has 0 radical (unpaired) electrons. The Hall–Kier alpha value is -1.43. The number of aromatic nitrogens is 2. The Bertz CT molecular complexity index is 351. The Balaban J connectivity index is 2.19. The van der Waals surface area contributed by atoms with Crippen LogP contribution in [-0.4, -0.2) is 28.6 Å². The molecule has 0 saturated carbocycles. The zero-order chi connectivity index (χ0) is 12.7. The average Bonchev–Trinajstić information content (AvgIpc) is 2.71. The fourth-order valence-corrected chi connectivity index (χ4v) is 1.43. The van der Waals surface area contributed by atoms with Crippen LogP contribution in [0.15, 0.2) is 4.52 Å². The van der Waals surface area contributed by atoms with Gasteiger partial charge in [-0.15, -0.1) is 0 Å². The highest BCUT2D eigenvalue weighted by molar-refractivity contribution is 5.81. The summed E-state index contributed by atoms with van der Waals surface area (Å²) in [6, 6.07) is -0.415. The molecule has 3 N–H and O–H groups in total. The third-order valence-electron chi connectivity index (χ3n) is 2.42. The van der Waals surface area contributed by atoms with Gasteiger partial charge in [0.05, 0.1) is 6.04 Å². The summed E-state index contributed by atoms with van der Waals surface area (Å²) in [6.07, 6.45) is 3.30. The smallest absolute Gasteiger partial charge is 0.236 e. The number of rotatable bonds is 7. The minimum absolute atomic E-state index is 0.112. The Morgan fingerprint density at radius 1 is 1.59 bits per heavy atom. The second-order valence-electron chi connectivity index (χ2n) is 4.02. The van der Waals surface area contributed by atoms with Crippen molar-refractivity contribution in [2.24, 2.45) is 5.73 Å². The highest BCUT2D eigenvalue weighted by atomic mass is 16.5. The molecule has 0 aromatic carbocycles. The standard InChI is InChI=1S/C11H20N4O2/c1-3-4-5-9(12)11(16)13-7-6-10-14-8(2)17-15-10/h9H,3-7,12H2,1-2H3,(H,13,16). The van der Waals surface area contributed by atoms with Crippen LogP contribution < -0.4 is 11.1 Å². The van der Waals surface area contributed by atoms with E-state index in [-0.39, 0.29) is 5.91 Å². The van der Waals surface area contributed by atoms with E-state index in [1.165, 1.54) is 0 Å². The number of hydrogen-bond donors (Lipinski definition) is 2. The topological polar surface area (TPSA) is 94.0 Å². The summed E-state index contributed by atoms with van der Waals surface area (Å²) >= 11 is 0. The fraction of sp³-hybridized carbons (Fsp3) is 0.727. The van der Waals surface area contributed by atoms with Crippen LogP contribution in [0, 0.1) is 6.92 Å². The molecule has 1 aromatic heterocycles. The summed E-state index contributed by atoms with van der Waals surface area (Å²) in [5, 5.41) is 6.50. The first kappa shape index (κ1) is 13.6. The molecule has 1 atom stereocenters. The molecule has 6 nitrogen and oxygen atoms in total. The molecule has 1 heterocycles. The van der Waals surface area contributed by atoms with Gasteiger partial charge in [0.2, 0.25) is 11.8 Å². The van der Waals surface area contributed by atoms with Crippen molar-refractivity contribution in [3.63, 3.8) is 0 Å². The van der Waals surface area contributed by atoms with E-state index in [4.69, 9.17) is 10.3 Å². The summed E-state index contributed by atoms with van der Waals surface area (Å²) in [5.74, 6) is 1.02. The number of carbonyl (C=O) groups excluding carboxylic acids is 1. The zero-order valence-electron chi connectivity index (χ0n) is 10.4. The third kappa shape index (κ3) is 4.95. The largest absolute Gasteiger partial charge is 0.354 e. The van der Waals surface area contributed by atoms with Crippen LogP contribution in [-0.2, 0) is 11.2 Å². The molecule has 1 amide bonds. The molecule has 0 spiro atoms. The molecule has 96 valence electrons. The SMILES string of the molecule is CCCCC(N)C(=O)NCCc1noc(C)n1. The van der Waals surface area contributed by atoms with Crippen LogP contribution in [0.4, 0.5) is 0 Å². The Morgan fingerprint density at radius 3 is 2.94 bits per heavy atom. The number of hydrogen-bond acceptors (Lipinski definition) is 5. The maximum atomic E-state index is 11.5. The first-order chi connectivity index (χ1) is 8.13. The number of nitrogens with zero attached hydrogens (tertiary/aromatic N) is 2. The van der Waals surface area contributed by atoms with E-state index >= 15 is 0 Å². The molecule has 17 heavy (non-hydrogen) atoms. The Labute approximate surface area is 101 Å². The molecule has 0 aliphatic carbocycles. The van der Waals surface area contributed by atoms with Gasteiger partial charge < -0.3 is 15.6 Å². The molecule has 1 rings (SSSR count). The molecule has 0 bridgehead atoms. The zero-order valence-corrected chi connectivity index (χ0v) is 10.4. The van der Waals surface area contributed by atoms with Gasteiger partial charge in [-0.05, 0) is 6.42 Å². The molecule has 0 aliphatic heterocycles. The Kier molecular flexibility index (Phi) is 5.62. The monoisotopic (exact) mass is 240 g/mol. The van der Waals surface area contributed by atoms with Crippen molar-refractivity contribution in [1.29, 1.82) is 0 Å². The van der Waals surface area contributed by atoms with E-state index in [0.717, 1.165) is 19.3 Å². The molecule has 1 aromatic rings. The van der Waals surface area contributed by atoms with Gasteiger partial charge in [0, 0.05) is 19.9 Å². The van der Waals surface area contributed by atoms with Gasteiger partial charge in [-0.1, -0.05) is 24.9 Å². The molecular formula is C11H20N4O2. The number of carbonyl (C=O) groups is 1. The van der Waals surface area contributed by atoms with Crippen molar-refractivity contribution in [3.05, 3.63) is 11.7 Å². The van der Waals surface area contributed by atoms with Crippen LogP contribution in [0.3, 0.4) is 0 Å². The van der Waals surface area contributed by atoms with Gasteiger partial charge in [0.15, 0.2) is 5.82 Å². The van der Waals surface area contributed by atoms with Gasteiger partial charge in [-0.25, -0.2) is 0 Å². The lowest BCUT2D eigenvalue weighted by molar-refractivity contribution is -0.122. The summed E-state index contributed by atoms with van der Waals surface area (Å²) in [6.45, 7) is 4.29. The highest BCUT2D eigenvalue weighted by Crippen LogP contribution is 1.98. The molecule has 1 unspecified atom stereocenters. The van der Waals surface area contributed by atoms with Gasteiger partial charge in [0.25, 0.3) is 0 Å². The Morgan fingerprint density at radius 2 is 2.35 bits per heavy atom. The first-order valence-electron chi connectivity index (χ1n) is 5.96. The second kappa shape index (κ2) is 7.01. The van der Waals surface area contributed by atoms with Gasteiger partial charge >= 0.3 is 0 Å². The van der Waals surface area contributed by atoms with Gasteiger partial charge in [-0.2, -0.15) is 4.98 Å². The van der Waals surface area contributed by atoms with Crippen LogP contribution in [0.25, 0.3) is 0 Å².